The summed E-state index contributed by atoms with van der Waals surface area (Å²) >= 11 is 7.50. The molecule has 0 bridgehead atoms. The number of halogens is 1. The van der Waals surface area contributed by atoms with Crippen molar-refractivity contribution in [3.63, 3.8) is 0 Å². The van der Waals surface area contributed by atoms with E-state index in [4.69, 9.17) is 16.3 Å². The highest BCUT2D eigenvalue weighted by atomic mass is 35.5. The van der Waals surface area contributed by atoms with E-state index in [9.17, 15) is 5.11 Å². The van der Waals surface area contributed by atoms with Gasteiger partial charge >= 0.3 is 0 Å². The Bertz CT molecular complexity index is 542. The molecule has 0 aliphatic heterocycles. The molecule has 1 aromatic heterocycles. The molecule has 0 radical (unpaired) electrons. The predicted octanol–water partition coefficient (Wildman–Crippen LogP) is 3.39. The van der Waals surface area contributed by atoms with E-state index in [1.807, 2.05) is 12.3 Å². The largest absolute Gasteiger partial charge is 0.495 e. The molecular weight excluding hydrogens is 270 g/mol. The number of aromatic nitrogens is 1. The van der Waals surface area contributed by atoms with Crippen molar-refractivity contribution >= 4 is 22.9 Å². The van der Waals surface area contributed by atoms with Crippen LogP contribution in [0.25, 0.3) is 0 Å². The van der Waals surface area contributed by atoms with Crippen LogP contribution in [0.15, 0.2) is 23.6 Å². The van der Waals surface area contributed by atoms with Gasteiger partial charge in [-0.15, -0.1) is 11.3 Å². The Morgan fingerprint density at radius 3 is 2.89 bits per heavy atom. The molecule has 0 saturated carbocycles. The van der Waals surface area contributed by atoms with Gasteiger partial charge in [-0.1, -0.05) is 17.7 Å². The van der Waals surface area contributed by atoms with Gasteiger partial charge in [-0.25, -0.2) is 4.98 Å². The molecule has 2 aromatic rings. The second kappa shape index (κ2) is 5.69. The van der Waals surface area contributed by atoms with Crippen LogP contribution >= 0.6 is 22.9 Å². The average Bonchev–Trinajstić information content (AvgIpc) is 2.75. The highest BCUT2D eigenvalue weighted by Gasteiger charge is 2.13. The Balaban J connectivity index is 2.15. The highest BCUT2D eigenvalue weighted by Crippen LogP contribution is 2.29. The number of methoxy groups -OCH3 is 1. The Hall–Kier alpha value is -1.10. The van der Waals surface area contributed by atoms with Crippen molar-refractivity contribution in [1.29, 1.82) is 0 Å². The highest BCUT2D eigenvalue weighted by molar-refractivity contribution is 7.09. The molecule has 0 fully saturated rings. The van der Waals surface area contributed by atoms with Gasteiger partial charge in [0.05, 0.1) is 23.2 Å². The number of aryl methyl sites for hydroxylation is 1. The van der Waals surface area contributed by atoms with Crippen molar-refractivity contribution in [3.8, 4) is 5.75 Å². The van der Waals surface area contributed by atoms with E-state index in [2.05, 4.69) is 4.98 Å². The Morgan fingerprint density at radius 2 is 2.28 bits per heavy atom. The van der Waals surface area contributed by atoms with E-state index >= 15 is 0 Å². The zero-order valence-corrected chi connectivity index (χ0v) is 11.8. The number of hydrogen-bond donors (Lipinski definition) is 1. The normalized spacial score (nSPS) is 12.4. The van der Waals surface area contributed by atoms with Crippen LogP contribution < -0.4 is 4.74 Å². The summed E-state index contributed by atoms with van der Waals surface area (Å²) in [7, 11) is 1.56. The van der Waals surface area contributed by atoms with Crippen LogP contribution in [0.4, 0.5) is 0 Å². The molecule has 0 saturated heterocycles. The third-order valence-corrected chi connectivity index (χ3v) is 3.90. The Labute approximate surface area is 115 Å². The molecule has 0 spiro atoms. The summed E-state index contributed by atoms with van der Waals surface area (Å²) in [5.41, 5.74) is 1.76. The minimum absolute atomic E-state index is 0.503. The van der Waals surface area contributed by atoms with Crippen LogP contribution in [-0.4, -0.2) is 17.2 Å². The summed E-state index contributed by atoms with van der Waals surface area (Å²) in [5, 5.41) is 13.6. The van der Waals surface area contributed by atoms with Gasteiger partial charge < -0.3 is 9.84 Å². The number of ether oxygens (including phenoxy) is 1. The maximum Gasteiger partial charge on any atom is 0.137 e. The SMILES string of the molecule is COc1cc(C(O)Cc2nc(C)cs2)ccc1Cl. The van der Waals surface area contributed by atoms with Gasteiger partial charge in [0.15, 0.2) is 0 Å². The number of hydrogen-bond acceptors (Lipinski definition) is 4. The monoisotopic (exact) mass is 283 g/mol. The number of benzene rings is 1. The first-order valence-electron chi connectivity index (χ1n) is 5.52. The molecule has 1 atom stereocenters. The third-order valence-electron chi connectivity index (χ3n) is 2.59. The summed E-state index contributed by atoms with van der Waals surface area (Å²) < 4.78 is 5.13. The minimum Gasteiger partial charge on any atom is -0.495 e. The summed E-state index contributed by atoms with van der Waals surface area (Å²) in [4.78, 5) is 4.34. The second-order valence-corrected chi connectivity index (χ2v) is 5.35. The van der Waals surface area contributed by atoms with Gasteiger partial charge in [0, 0.05) is 17.5 Å². The number of nitrogens with zero attached hydrogens (tertiary/aromatic N) is 1. The standard InChI is InChI=1S/C13H14ClNO2S/c1-8-7-18-13(15-8)6-11(16)9-3-4-10(14)12(5-9)17-2/h3-5,7,11,16H,6H2,1-2H3. The Kier molecular flexibility index (Phi) is 4.22. The number of rotatable bonds is 4. The quantitative estimate of drug-likeness (QED) is 0.935. The van der Waals surface area contributed by atoms with Gasteiger partial charge in [0.25, 0.3) is 0 Å². The smallest absolute Gasteiger partial charge is 0.137 e. The lowest BCUT2D eigenvalue weighted by atomic mass is 10.1. The van der Waals surface area contributed by atoms with Gasteiger partial charge in [0.1, 0.15) is 5.75 Å². The molecule has 96 valence electrons. The van der Waals surface area contributed by atoms with Gasteiger partial charge in [-0.2, -0.15) is 0 Å². The topological polar surface area (TPSA) is 42.4 Å². The maximum absolute atomic E-state index is 10.2. The molecule has 3 nitrogen and oxygen atoms in total. The molecule has 2 rings (SSSR count). The van der Waals surface area contributed by atoms with Crippen molar-refractivity contribution in [3.05, 3.63) is 44.9 Å². The molecule has 1 heterocycles. The van der Waals surface area contributed by atoms with Crippen molar-refractivity contribution < 1.29 is 9.84 Å². The van der Waals surface area contributed by atoms with E-state index in [0.717, 1.165) is 16.3 Å². The van der Waals surface area contributed by atoms with Crippen LogP contribution in [0.3, 0.4) is 0 Å². The van der Waals surface area contributed by atoms with Gasteiger partial charge in [-0.05, 0) is 24.6 Å². The summed E-state index contributed by atoms with van der Waals surface area (Å²) in [5.74, 6) is 0.573. The fourth-order valence-corrected chi connectivity index (χ4v) is 2.67. The van der Waals surface area contributed by atoms with Gasteiger partial charge in [-0.3, -0.25) is 0 Å². The van der Waals surface area contributed by atoms with E-state index in [1.165, 1.54) is 0 Å². The molecule has 1 unspecified atom stereocenters. The predicted molar refractivity (Wildman–Crippen MR) is 73.5 cm³/mol. The Morgan fingerprint density at radius 1 is 1.50 bits per heavy atom. The van der Waals surface area contributed by atoms with Crippen LogP contribution in [-0.2, 0) is 6.42 Å². The molecule has 1 aromatic carbocycles. The minimum atomic E-state index is -0.596. The lowest BCUT2D eigenvalue weighted by Gasteiger charge is -2.11. The lowest BCUT2D eigenvalue weighted by Crippen LogP contribution is -2.02. The average molecular weight is 284 g/mol. The van der Waals surface area contributed by atoms with Crippen molar-refractivity contribution in [1.82, 2.24) is 4.98 Å². The summed E-state index contributed by atoms with van der Waals surface area (Å²) in [6.45, 7) is 1.94. The first-order chi connectivity index (χ1) is 8.60. The van der Waals surface area contributed by atoms with E-state index in [1.54, 1.807) is 36.6 Å². The van der Waals surface area contributed by atoms with Crippen LogP contribution in [0, 0.1) is 6.92 Å². The first kappa shape index (κ1) is 13.3. The summed E-state index contributed by atoms with van der Waals surface area (Å²) in [6.07, 6.45) is -0.0924. The van der Waals surface area contributed by atoms with Crippen LogP contribution in [0.1, 0.15) is 22.4 Å². The molecule has 5 heteroatoms. The van der Waals surface area contributed by atoms with E-state index in [-0.39, 0.29) is 0 Å². The fraction of sp³-hybridized carbons (Fsp3) is 0.308. The van der Waals surface area contributed by atoms with E-state index in [0.29, 0.717) is 17.2 Å². The number of aliphatic hydroxyl groups is 1. The zero-order chi connectivity index (χ0) is 13.1. The van der Waals surface area contributed by atoms with Gasteiger partial charge in [0.2, 0.25) is 0 Å². The molecule has 0 amide bonds. The molecule has 0 aliphatic carbocycles. The van der Waals surface area contributed by atoms with Crippen molar-refractivity contribution in [2.24, 2.45) is 0 Å². The van der Waals surface area contributed by atoms with Crippen molar-refractivity contribution in [2.75, 3.05) is 7.11 Å². The molecule has 0 aliphatic rings. The molecule has 18 heavy (non-hydrogen) atoms. The van der Waals surface area contributed by atoms with Crippen LogP contribution in [0.2, 0.25) is 5.02 Å². The second-order valence-electron chi connectivity index (χ2n) is 4.00. The molecule has 1 N–H and O–H groups in total. The van der Waals surface area contributed by atoms with Crippen LogP contribution in [0.5, 0.6) is 5.75 Å². The van der Waals surface area contributed by atoms with E-state index < -0.39 is 6.10 Å². The zero-order valence-electron chi connectivity index (χ0n) is 10.2. The first-order valence-corrected chi connectivity index (χ1v) is 6.78. The summed E-state index contributed by atoms with van der Waals surface area (Å²) in [6, 6.07) is 5.29. The number of thiazole rings is 1. The van der Waals surface area contributed by atoms with Crippen molar-refractivity contribution in [2.45, 2.75) is 19.4 Å². The maximum atomic E-state index is 10.2. The lowest BCUT2D eigenvalue weighted by molar-refractivity contribution is 0.178. The number of aliphatic hydroxyl groups excluding tert-OH is 1. The molecular formula is C13H14ClNO2S. The third kappa shape index (κ3) is 3.02. The fourth-order valence-electron chi connectivity index (χ4n) is 1.66.